The number of benzene rings is 1. The molecule has 1 aromatic carbocycles. The Kier molecular flexibility index (Phi) is 7.71. The van der Waals surface area contributed by atoms with Crippen molar-refractivity contribution in [2.24, 2.45) is 5.73 Å². The van der Waals surface area contributed by atoms with Crippen LogP contribution in [0.1, 0.15) is 11.6 Å². The Morgan fingerprint density at radius 1 is 1.20 bits per heavy atom. The number of methoxy groups -OCH3 is 2. The molecule has 0 saturated carbocycles. The normalized spacial score (nSPS) is 10.8. The van der Waals surface area contributed by atoms with Gasteiger partial charge in [-0.1, -0.05) is 0 Å². The minimum absolute atomic E-state index is 0.122. The fourth-order valence-electron chi connectivity index (χ4n) is 1.23. The van der Waals surface area contributed by atoms with Crippen LogP contribution in [0.15, 0.2) is 18.2 Å². The van der Waals surface area contributed by atoms with Gasteiger partial charge in [-0.3, -0.25) is 0 Å². The monoisotopic (exact) mass is 287 g/mol. The minimum Gasteiger partial charge on any atom is -0.497 e. The van der Waals surface area contributed by atoms with Crippen molar-refractivity contribution in [1.29, 1.82) is 0 Å². The van der Waals surface area contributed by atoms with Crippen LogP contribution in [-0.4, -0.2) is 48.1 Å². The van der Waals surface area contributed by atoms with Gasteiger partial charge in [-0.25, -0.2) is 9.59 Å². The smallest absolute Gasteiger partial charge is 0.414 e. The van der Waals surface area contributed by atoms with E-state index < -0.39 is 18.0 Å². The third-order valence-corrected chi connectivity index (χ3v) is 2.22. The maximum absolute atomic E-state index is 9.10. The first-order valence-electron chi connectivity index (χ1n) is 5.41. The summed E-state index contributed by atoms with van der Waals surface area (Å²) in [5, 5.41) is 23.7. The quantitative estimate of drug-likeness (QED) is 0.561. The van der Waals surface area contributed by atoms with Crippen LogP contribution < -0.4 is 15.2 Å². The van der Waals surface area contributed by atoms with Gasteiger partial charge in [0.2, 0.25) is 0 Å². The zero-order chi connectivity index (χ0) is 15.7. The molecule has 5 N–H and O–H groups in total. The summed E-state index contributed by atoms with van der Waals surface area (Å²) in [5.74, 6) is -2.29. The summed E-state index contributed by atoms with van der Waals surface area (Å²) in [6.45, 7) is -0.122. The van der Waals surface area contributed by atoms with Crippen LogP contribution >= 0.6 is 0 Å². The number of aliphatic hydroxyl groups is 1. The Balaban J connectivity index is 0.000000511. The van der Waals surface area contributed by atoms with Gasteiger partial charge in [0.05, 0.1) is 26.9 Å². The highest BCUT2D eigenvalue weighted by atomic mass is 16.5. The van der Waals surface area contributed by atoms with Crippen molar-refractivity contribution < 1.29 is 34.4 Å². The number of nitrogens with two attached hydrogens (primary N) is 1. The SMILES string of the molecule is COc1ccc(OC)c(C(N)CO)c1.O=C(O)C(=O)O. The molecular weight excluding hydrogens is 270 g/mol. The van der Waals surface area contributed by atoms with Crippen LogP contribution in [0.4, 0.5) is 0 Å². The van der Waals surface area contributed by atoms with Gasteiger partial charge < -0.3 is 30.5 Å². The molecule has 8 heteroatoms. The standard InChI is InChI=1S/C10H15NO3.C2H2O4/c1-13-7-3-4-10(14-2)8(5-7)9(11)6-12;3-1(4)2(5)6/h3-5,9,12H,6,11H2,1-2H3;(H,3,4)(H,5,6). The molecule has 0 saturated heterocycles. The summed E-state index contributed by atoms with van der Waals surface area (Å²) in [6, 6.07) is 4.87. The lowest BCUT2D eigenvalue weighted by Crippen LogP contribution is -2.15. The van der Waals surface area contributed by atoms with E-state index in [4.69, 9.17) is 40.1 Å². The molecule has 1 aromatic rings. The second kappa shape index (κ2) is 8.73. The highest BCUT2D eigenvalue weighted by Gasteiger charge is 2.11. The van der Waals surface area contributed by atoms with Crippen LogP contribution in [0.2, 0.25) is 0 Å². The summed E-state index contributed by atoms with van der Waals surface area (Å²) in [4.78, 5) is 18.2. The minimum atomic E-state index is -1.82. The fourth-order valence-corrected chi connectivity index (χ4v) is 1.23. The maximum atomic E-state index is 9.10. The van der Waals surface area contributed by atoms with Gasteiger partial charge in [0.25, 0.3) is 0 Å². The number of carboxylic acids is 2. The summed E-state index contributed by atoms with van der Waals surface area (Å²) < 4.78 is 10.2. The van der Waals surface area contributed by atoms with Gasteiger partial charge in [0, 0.05) is 5.56 Å². The molecule has 20 heavy (non-hydrogen) atoms. The topological polar surface area (TPSA) is 139 Å². The molecule has 8 nitrogen and oxygen atoms in total. The first-order chi connectivity index (χ1) is 9.37. The van der Waals surface area contributed by atoms with Gasteiger partial charge in [0.1, 0.15) is 11.5 Å². The molecule has 0 spiro atoms. The van der Waals surface area contributed by atoms with Gasteiger partial charge in [-0.05, 0) is 18.2 Å². The number of ether oxygens (including phenoxy) is 2. The molecule has 0 bridgehead atoms. The van der Waals surface area contributed by atoms with E-state index in [1.54, 1.807) is 32.4 Å². The van der Waals surface area contributed by atoms with Crippen LogP contribution in [0.3, 0.4) is 0 Å². The Morgan fingerprint density at radius 2 is 1.75 bits per heavy atom. The summed E-state index contributed by atoms with van der Waals surface area (Å²) in [5.41, 5.74) is 6.45. The molecule has 0 heterocycles. The second-order valence-electron chi connectivity index (χ2n) is 3.51. The largest absolute Gasteiger partial charge is 0.497 e. The summed E-state index contributed by atoms with van der Waals surface area (Å²) in [7, 11) is 3.14. The Hall–Kier alpha value is -2.32. The summed E-state index contributed by atoms with van der Waals surface area (Å²) >= 11 is 0. The van der Waals surface area contributed by atoms with E-state index in [-0.39, 0.29) is 6.61 Å². The molecule has 0 aliphatic heterocycles. The maximum Gasteiger partial charge on any atom is 0.414 e. The van der Waals surface area contributed by atoms with E-state index in [1.165, 1.54) is 0 Å². The lowest BCUT2D eigenvalue weighted by atomic mass is 10.1. The number of carbonyl (C=O) groups is 2. The van der Waals surface area contributed by atoms with E-state index in [1.807, 2.05) is 0 Å². The van der Waals surface area contributed by atoms with Crippen molar-refractivity contribution in [3.8, 4) is 11.5 Å². The molecule has 1 unspecified atom stereocenters. The second-order valence-corrected chi connectivity index (χ2v) is 3.51. The number of rotatable bonds is 4. The number of hydrogen-bond donors (Lipinski definition) is 4. The predicted octanol–water partition coefficient (Wildman–Crippen LogP) is -0.148. The third kappa shape index (κ3) is 5.55. The van der Waals surface area contributed by atoms with E-state index in [2.05, 4.69) is 0 Å². The predicted molar refractivity (Wildman–Crippen MR) is 68.8 cm³/mol. The number of hydrogen-bond acceptors (Lipinski definition) is 6. The first-order valence-corrected chi connectivity index (χ1v) is 5.41. The number of aliphatic hydroxyl groups excluding tert-OH is 1. The first kappa shape index (κ1) is 17.7. The van der Waals surface area contributed by atoms with Crippen molar-refractivity contribution >= 4 is 11.9 Å². The van der Waals surface area contributed by atoms with Crippen LogP contribution in [0, 0.1) is 0 Å². The lowest BCUT2D eigenvalue weighted by molar-refractivity contribution is -0.159. The van der Waals surface area contributed by atoms with Crippen molar-refractivity contribution in [3.05, 3.63) is 23.8 Å². The van der Waals surface area contributed by atoms with Gasteiger partial charge in [0.15, 0.2) is 0 Å². The van der Waals surface area contributed by atoms with Gasteiger partial charge in [-0.2, -0.15) is 0 Å². The number of aliphatic carboxylic acids is 2. The zero-order valence-electron chi connectivity index (χ0n) is 11.1. The van der Waals surface area contributed by atoms with Crippen molar-refractivity contribution in [2.75, 3.05) is 20.8 Å². The van der Waals surface area contributed by atoms with Crippen LogP contribution in [0.5, 0.6) is 11.5 Å². The summed E-state index contributed by atoms with van der Waals surface area (Å²) in [6.07, 6.45) is 0. The molecule has 0 fully saturated rings. The third-order valence-electron chi connectivity index (χ3n) is 2.22. The molecule has 0 aromatic heterocycles. The molecule has 1 atom stereocenters. The molecule has 1 rings (SSSR count). The van der Waals surface area contributed by atoms with E-state index in [0.29, 0.717) is 11.5 Å². The van der Waals surface area contributed by atoms with E-state index in [0.717, 1.165) is 5.56 Å². The Labute approximate surface area is 115 Å². The molecule has 0 amide bonds. The highest BCUT2D eigenvalue weighted by molar-refractivity contribution is 6.27. The Morgan fingerprint density at radius 3 is 2.10 bits per heavy atom. The van der Waals surface area contributed by atoms with Gasteiger partial charge >= 0.3 is 11.9 Å². The van der Waals surface area contributed by atoms with Crippen molar-refractivity contribution in [3.63, 3.8) is 0 Å². The highest BCUT2D eigenvalue weighted by Crippen LogP contribution is 2.27. The average molecular weight is 287 g/mol. The average Bonchev–Trinajstić information content (AvgIpc) is 2.46. The lowest BCUT2D eigenvalue weighted by Gasteiger charge is -2.14. The molecule has 112 valence electrons. The molecular formula is C12H17NO7. The van der Waals surface area contributed by atoms with E-state index >= 15 is 0 Å². The molecule has 0 aliphatic carbocycles. The zero-order valence-corrected chi connectivity index (χ0v) is 11.1. The fraction of sp³-hybridized carbons (Fsp3) is 0.333. The number of carboxylic acid groups (broad SMARTS) is 2. The van der Waals surface area contributed by atoms with Crippen LogP contribution in [0.25, 0.3) is 0 Å². The molecule has 0 aliphatic rings. The Bertz CT molecular complexity index is 449. The van der Waals surface area contributed by atoms with Crippen LogP contribution in [-0.2, 0) is 9.59 Å². The van der Waals surface area contributed by atoms with E-state index in [9.17, 15) is 0 Å². The van der Waals surface area contributed by atoms with Crippen molar-refractivity contribution in [1.82, 2.24) is 0 Å². The van der Waals surface area contributed by atoms with Gasteiger partial charge in [-0.15, -0.1) is 0 Å². The molecule has 0 radical (unpaired) electrons. The van der Waals surface area contributed by atoms with Crippen molar-refractivity contribution in [2.45, 2.75) is 6.04 Å².